The van der Waals surface area contributed by atoms with Gasteiger partial charge in [-0.3, -0.25) is 4.99 Å². The molecule has 6 nitrogen and oxygen atoms in total. The van der Waals surface area contributed by atoms with E-state index >= 15 is 0 Å². The first-order valence-electron chi connectivity index (χ1n) is 8.44. The Morgan fingerprint density at radius 3 is 2.48 bits per heavy atom. The molecule has 0 spiro atoms. The van der Waals surface area contributed by atoms with Gasteiger partial charge in [-0.2, -0.15) is 0 Å². The summed E-state index contributed by atoms with van der Waals surface area (Å²) in [6, 6.07) is 0. The predicted octanol–water partition coefficient (Wildman–Crippen LogP) is 1.52. The number of nitrogens with zero attached hydrogens (tertiary/aromatic N) is 2. The Labute approximate surface area is 141 Å². The molecule has 0 saturated carbocycles. The van der Waals surface area contributed by atoms with E-state index in [4.69, 9.17) is 4.74 Å². The number of guanidine groups is 1. The van der Waals surface area contributed by atoms with E-state index in [1.807, 2.05) is 14.0 Å². The van der Waals surface area contributed by atoms with Crippen molar-refractivity contribution >= 4 is 15.8 Å². The zero-order valence-electron chi connectivity index (χ0n) is 15.3. The number of nitrogens with one attached hydrogen (secondary N) is 1. The standard InChI is InChI=1S/C16H33N3O3S/c1-6-17-15(18-13-16(2,3)23(5,20)21)19(4)10-7-14-8-11-22-12-9-14/h14H,6-13H2,1-5H3,(H,17,18). The lowest BCUT2D eigenvalue weighted by atomic mass is 9.96. The Kier molecular flexibility index (Phi) is 7.80. The summed E-state index contributed by atoms with van der Waals surface area (Å²) >= 11 is 0. The normalized spacial score (nSPS) is 18.0. The second-order valence-electron chi connectivity index (χ2n) is 6.97. The SMILES string of the molecule is CCNC(=NCC(C)(C)S(C)(=O)=O)N(C)CCC1CCOCC1. The van der Waals surface area contributed by atoms with Crippen molar-refractivity contribution in [1.29, 1.82) is 0 Å². The summed E-state index contributed by atoms with van der Waals surface area (Å²) in [5, 5.41) is 3.25. The number of rotatable bonds is 7. The van der Waals surface area contributed by atoms with E-state index in [0.29, 0.717) is 5.92 Å². The van der Waals surface area contributed by atoms with Crippen LogP contribution in [-0.4, -0.2) is 70.2 Å². The van der Waals surface area contributed by atoms with Gasteiger partial charge in [-0.05, 0) is 46.0 Å². The molecule has 1 fully saturated rings. The van der Waals surface area contributed by atoms with Gasteiger partial charge < -0.3 is 15.0 Å². The molecule has 0 aromatic rings. The maximum atomic E-state index is 11.8. The van der Waals surface area contributed by atoms with Gasteiger partial charge in [0.25, 0.3) is 0 Å². The molecular weight excluding hydrogens is 314 g/mol. The molecule has 1 aliphatic rings. The van der Waals surface area contributed by atoms with Crippen molar-refractivity contribution in [3.8, 4) is 0 Å². The average Bonchev–Trinajstić information content (AvgIpc) is 2.49. The Morgan fingerprint density at radius 2 is 1.96 bits per heavy atom. The molecule has 0 atom stereocenters. The van der Waals surface area contributed by atoms with Crippen molar-refractivity contribution in [2.75, 3.05) is 46.2 Å². The van der Waals surface area contributed by atoms with Crippen LogP contribution in [0, 0.1) is 5.92 Å². The summed E-state index contributed by atoms with van der Waals surface area (Å²) < 4.78 is 28.2. The maximum absolute atomic E-state index is 11.8. The summed E-state index contributed by atoms with van der Waals surface area (Å²) in [7, 11) is -1.13. The third kappa shape index (κ3) is 6.67. The van der Waals surface area contributed by atoms with Crippen molar-refractivity contribution < 1.29 is 13.2 Å². The van der Waals surface area contributed by atoms with Crippen LogP contribution in [0.5, 0.6) is 0 Å². The molecule has 23 heavy (non-hydrogen) atoms. The first-order chi connectivity index (χ1) is 10.7. The summed E-state index contributed by atoms with van der Waals surface area (Å²) in [4.78, 5) is 6.64. The Bertz CT molecular complexity index is 483. The average molecular weight is 348 g/mol. The van der Waals surface area contributed by atoms with Gasteiger partial charge in [0.15, 0.2) is 15.8 Å². The fraction of sp³-hybridized carbons (Fsp3) is 0.938. The van der Waals surface area contributed by atoms with Crippen LogP contribution in [0.1, 0.15) is 40.0 Å². The minimum absolute atomic E-state index is 0.260. The lowest BCUT2D eigenvalue weighted by Crippen LogP contribution is -2.42. The van der Waals surface area contributed by atoms with Crippen LogP contribution in [0.2, 0.25) is 0 Å². The van der Waals surface area contributed by atoms with E-state index in [1.54, 1.807) is 13.8 Å². The summed E-state index contributed by atoms with van der Waals surface area (Å²) in [5.74, 6) is 1.48. The second kappa shape index (κ2) is 8.87. The first kappa shape index (κ1) is 20.2. The Hall–Kier alpha value is -0.820. The molecule has 0 radical (unpaired) electrons. The lowest BCUT2D eigenvalue weighted by molar-refractivity contribution is 0.0625. The number of ether oxygens (including phenoxy) is 1. The third-order valence-electron chi connectivity index (χ3n) is 4.52. The van der Waals surface area contributed by atoms with E-state index in [0.717, 1.165) is 51.5 Å². The molecule has 0 bridgehead atoms. The molecular formula is C16H33N3O3S. The van der Waals surface area contributed by atoms with Crippen LogP contribution in [0.4, 0.5) is 0 Å². The van der Waals surface area contributed by atoms with Gasteiger partial charge in [0.2, 0.25) is 0 Å². The molecule has 1 aliphatic heterocycles. The fourth-order valence-electron chi connectivity index (χ4n) is 2.37. The number of hydrogen-bond donors (Lipinski definition) is 1. The van der Waals surface area contributed by atoms with E-state index < -0.39 is 14.6 Å². The van der Waals surface area contributed by atoms with Gasteiger partial charge in [0.1, 0.15) is 0 Å². The minimum Gasteiger partial charge on any atom is -0.381 e. The molecule has 0 aromatic heterocycles. The summed E-state index contributed by atoms with van der Waals surface area (Å²) in [5.41, 5.74) is 0. The van der Waals surface area contributed by atoms with Crippen molar-refractivity contribution in [2.45, 2.75) is 44.8 Å². The quantitative estimate of drug-likeness (QED) is 0.558. The molecule has 0 aromatic carbocycles. The first-order valence-corrected chi connectivity index (χ1v) is 10.3. The van der Waals surface area contributed by atoms with E-state index in [2.05, 4.69) is 15.2 Å². The highest BCUT2D eigenvalue weighted by Gasteiger charge is 2.30. The molecule has 0 amide bonds. The van der Waals surface area contributed by atoms with E-state index in [1.165, 1.54) is 6.26 Å². The molecule has 136 valence electrons. The van der Waals surface area contributed by atoms with Gasteiger partial charge in [0, 0.05) is 39.6 Å². The molecule has 1 rings (SSSR count). The lowest BCUT2D eigenvalue weighted by Gasteiger charge is -2.28. The van der Waals surface area contributed by atoms with Crippen LogP contribution in [-0.2, 0) is 14.6 Å². The third-order valence-corrected chi connectivity index (χ3v) is 6.66. The molecule has 7 heteroatoms. The number of hydrogen-bond acceptors (Lipinski definition) is 4. The predicted molar refractivity (Wildman–Crippen MR) is 95.7 cm³/mol. The summed E-state index contributed by atoms with van der Waals surface area (Å²) in [6.07, 6.45) is 4.63. The largest absolute Gasteiger partial charge is 0.381 e. The minimum atomic E-state index is -3.14. The van der Waals surface area contributed by atoms with Crippen LogP contribution < -0.4 is 5.32 Å². The maximum Gasteiger partial charge on any atom is 0.193 e. The van der Waals surface area contributed by atoms with Crippen LogP contribution in [0.25, 0.3) is 0 Å². The Balaban J connectivity index is 2.62. The highest BCUT2D eigenvalue weighted by atomic mass is 32.2. The monoisotopic (exact) mass is 347 g/mol. The second-order valence-corrected chi connectivity index (χ2v) is 9.62. The smallest absolute Gasteiger partial charge is 0.193 e. The van der Waals surface area contributed by atoms with Crippen molar-refractivity contribution in [3.63, 3.8) is 0 Å². The highest BCUT2D eigenvalue weighted by Crippen LogP contribution is 2.19. The fourth-order valence-corrected chi connectivity index (χ4v) is 2.67. The van der Waals surface area contributed by atoms with Crippen molar-refractivity contribution in [1.82, 2.24) is 10.2 Å². The van der Waals surface area contributed by atoms with Crippen molar-refractivity contribution in [3.05, 3.63) is 0 Å². The summed E-state index contributed by atoms with van der Waals surface area (Å²) in [6.45, 7) is 9.12. The number of sulfone groups is 1. The van der Waals surface area contributed by atoms with Crippen LogP contribution in [0.15, 0.2) is 4.99 Å². The van der Waals surface area contributed by atoms with Gasteiger partial charge in [-0.1, -0.05) is 0 Å². The zero-order valence-corrected chi connectivity index (χ0v) is 16.1. The van der Waals surface area contributed by atoms with Gasteiger partial charge in [0.05, 0.1) is 11.3 Å². The van der Waals surface area contributed by atoms with E-state index in [-0.39, 0.29) is 6.54 Å². The molecule has 0 aliphatic carbocycles. The van der Waals surface area contributed by atoms with Gasteiger partial charge >= 0.3 is 0 Å². The molecule has 1 saturated heterocycles. The molecule has 1 heterocycles. The van der Waals surface area contributed by atoms with E-state index in [9.17, 15) is 8.42 Å². The number of aliphatic imine (C=N–C) groups is 1. The Morgan fingerprint density at radius 1 is 1.35 bits per heavy atom. The van der Waals surface area contributed by atoms with Gasteiger partial charge in [-0.15, -0.1) is 0 Å². The zero-order chi connectivity index (χ0) is 17.5. The van der Waals surface area contributed by atoms with Gasteiger partial charge in [-0.25, -0.2) is 8.42 Å². The topological polar surface area (TPSA) is 71.0 Å². The van der Waals surface area contributed by atoms with Crippen LogP contribution in [0.3, 0.4) is 0 Å². The van der Waals surface area contributed by atoms with Crippen molar-refractivity contribution in [2.24, 2.45) is 10.9 Å². The van der Waals surface area contributed by atoms with Crippen LogP contribution >= 0.6 is 0 Å². The highest BCUT2D eigenvalue weighted by molar-refractivity contribution is 7.92. The molecule has 1 N–H and O–H groups in total. The molecule has 0 unspecified atom stereocenters.